The number of ether oxygens (including phenoxy) is 1. The number of rotatable bonds is 13. The maximum absolute atomic E-state index is 11.9. The first-order valence-corrected chi connectivity index (χ1v) is 12.1. The van der Waals surface area contributed by atoms with E-state index >= 15 is 0 Å². The van der Waals surface area contributed by atoms with Gasteiger partial charge >= 0.3 is 5.97 Å². The lowest BCUT2D eigenvalue weighted by Gasteiger charge is -2.12. The molecule has 0 aliphatic heterocycles. The summed E-state index contributed by atoms with van der Waals surface area (Å²) >= 11 is 1.38. The lowest BCUT2D eigenvalue weighted by atomic mass is 9.94. The summed E-state index contributed by atoms with van der Waals surface area (Å²) in [5.74, 6) is -1.05. The van der Waals surface area contributed by atoms with Crippen molar-refractivity contribution in [2.75, 3.05) is 7.11 Å². The smallest absolute Gasteiger partial charge is 0.353 e. The molecule has 0 saturated heterocycles. The van der Waals surface area contributed by atoms with E-state index in [2.05, 4.69) is 54.3 Å². The van der Waals surface area contributed by atoms with E-state index in [0.717, 1.165) is 30.9 Å². The van der Waals surface area contributed by atoms with Crippen molar-refractivity contribution in [1.29, 1.82) is 0 Å². The molecule has 0 bridgehead atoms. The molecule has 180 valence electrons. The number of nitrogens with zero attached hydrogens (tertiary/aromatic N) is 1. The number of thiazole rings is 1. The summed E-state index contributed by atoms with van der Waals surface area (Å²) in [6.07, 6.45) is 10.2. The molecule has 2 amide bonds. The Kier molecular flexibility index (Phi) is 15.8. The molecule has 0 saturated carbocycles. The molecule has 0 fully saturated rings. The largest absolute Gasteiger partial charge is 0.464 e. The molecule has 7 nitrogen and oxygen atoms in total. The molecule has 1 aromatic heterocycles. The standard InChI is InChI=1S/C14H17N3O4S.C10H22/c1-5-6-11-17-10(7-22-11)13(19)15-8(2)12(18)16-9(3)14(20)21-4;1-4-7-10(8-5-2)9-6-3/h7H,2-3,5-6H2,1,4H3,(H,15,19)(H,16,18);10H,4-9H2,1-3H3. The monoisotopic (exact) mass is 465 g/mol. The van der Waals surface area contributed by atoms with Gasteiger partial charge in [-0.3, -0.25) is 9.59 Å². The van der Waals surface area contributed by atoms with Gasteiger partial charge in [-0.25, -0.2) is 9.78 Å². The van der Waals surface area contributed by atoms with E-state index in [4.69, 9.17) is 0 Å². The summed E-state index contributed by atoms with van der Waals surface area (Å²) < 4.78 is 4.39. The molecule has 8 heteroatoms. The average molecular weight is 466 g/mol. The van der Waals surface area contributed by atoms with Crippen LogP contribution in [0.1, 0.15) is 88.1 Å². The van der Waals surface area contributed by atoms with Gasteiger partial charge in [0.2, 0.25) is 0 Å². The topological polar surface area (TPSA) is 97.4 Å². The lowest BCUT2D eigenvalue weighted by Crippen LogP contribution is -2.35. The fraction of sp³-hybridized carbons (Fsp3) is 0.583. The van der Waals surface area contributed by atoms with Crippen LogP contribution in [0.5, 0.6) is 0 Å². The molecule has 0 aliphatic carbocycles. The molecule has 1 aromatic rings. The van der Waals surface area contributed by atoms with Crippen LogP contribution in [0.15, 0.2) is 29.9 Å². The Labute approximate surface area is 196 Å². The van der Waals surface area contributed by atoms with Crippen LogP contribution in [0.3, 0.4) is 0 Å². The highest BCUT2D eigenvalue weighted by Gasteiger charge is 2.17. The first-order chi connectivity index (χ1) is 15.2. The Morgan fingerprint density at radius 3 is 2.00 bits per heavy atom. The van der Waals surface area contributed by atoms with Crippen LogP contribution in [0, 0.1) is 5.92 Å². The Balaban J connectivity index is 0.000000809. The molecule has 2 N–H and O–H groups in total. The molecule has 1 heterocycles. The molecule has 32 heavy (non-hydrogen) atoms. The van der Waals surface area contributed by atoms with Crippen LogP contribution >= 0.6 is 11.3 Å². The van der Waals surface area contributed by atoms with Gasteiger partial charge in [0.05, 0.1) is 17.8 Å². The highest BCUT2D eigenvalue weighted by molar-refractivity contribution is 7.09. The Hall–Kier alpha value is -2.48. The quantitative estimate of drug-likeness (QED) is 0.310. The van der Waals surface area contributed by atoms with E-state index < -0.39 is 17.8 Å². The second-order valence-corrected chi connectivity index (χ2v) is 8.41. The van der Waals surface area contributed by atoms with Crippen LogP contribution in [0.4, 0.5) is 0 Å². The number of methoxy groups -OCH3 is 1. The minimum absolute atomic E-state index is 0.217. The summed E-state index contributed by atoms with van der Waals surface area (Å²) in [7, 11) is 1.16. The van der Waals surface area contributed by atoms with Gasteiger partial charge in [-0.1, -0.05) is 79.4 Å². The number of hydrogen-bond donors (Lipinski definition) is 2. The third kappa shape index (κ3) is 11.8. The van der Waals surface area contributed by atoms with Crippen LogP contribution < -0.4 is 10.6 Å². The van der Waals surface area contributed by atoms with Gasteiger partial charge < -0.3 is 15.4 Å². The maximum atomic E-state index is 11.9. The first kappa shape index (κ1) is 29.5. The van der Waals surface area contributed by atoms with E-state index in [1.165, 1.54) is 49.9 Å². The summed E-state index contributed by atoms with van der Waals surface area (Å²) in [6, 6.07) is 0. The van der Waals surface area contributed by atoms with Gasteiger partial charge in [0.25, 0.3) is 11.8 Å². The van der Waals surface area contributed by atoms with Crippen molar-refractivity contribution < 1.29 is 19.1 Å². The number of aryl methyl sites for hydroxylation is 1. The Bertz CT molecular complexity index is 744. The third-order valence-electron chi connectivity index (χ3n) is 4.57. The van der Waals surface area contributed by atoms with Gasteiger partial charge in [0, 0.05) is 5.38 Å². The average Bonchev–Trinajstić information content (AvgIpc) is 3.23. The number of hydrogen-bond acceptors (Lipinski definition) is 6. The van der Waals surface area contributed by atoms with Gasteiger partial charge in [0.15, 0.2) is 0 Å². The van der Waals surface area contributed by atoms with Gasteiger partial charge in [0.1, 0.15) is 11.4 Å². The number of amides is 2. The molecule has 0 spiro atoms. The highest BCUT2D eigenvalue weighted by atomic mass is 32.1. The Morgan fingerprint density at radius 2 is 1.53 bits per heavy atom. The number of carbonyl (C=O) groups excluding carboxylic acids is 3. The normalized spacial score (nSPS) is 10.1. The molecule has 0 atom stereocenters. The second-order valence-electron chi connectivity index (χ2n) is 7.47. The molecule has 1 rings (SSSR count). The fourth-order valence-corrected chi connectivity index (χ4v) is 3.93. The van der Waals surface area contributed by atoms with Crippen molar-refractivity contribution in [2.24, 2.45) is 5.92 Å². The summed E-state index contributed by atoms with van der Waals surface area (Å²) in [5.41, 5.74) is -0.254. The van der Waals surface area contributed by atoms with Gasteiger partial charge in [-0.05, 0) is 18.8 Å². The summed E-state index contributed by atoms with van der Waals surface area (Å²) in [4.78, 5) is 38.9. The number of nitrogens with one attached hydrogen (secondary N) is 2. The van der Waals surface area contributed by atoms with Crippen molar-refractivity contribution in [2.45, 2.75) is 79.1 Å². The van der Waals surface area contributed by atoms with E-state index in [0.29, 0.717) is 0 Å². The van der Waals surface area contributed by atoms with Crippen LogP contribution in [0.2, 0.25) is 0 Å². The zero-order valence-electron chi connectivity index (χ0n) is 20.2. The van der Waals surface area contributed by atoms with E-state index in [1.807, 2.05) is 6.92 Å². The van der Waals surface area contributed by atoms with Crippen molar-refractivity contribution in [3.8, 4) is 0 Å². The SMILES string of the molecule is C=C(NC(=O)c1csc(CCC)n1)C(=O)NC(=C)C(=O)OC.CCCC(CCC)CCC. The van der Waals surface area contributed by atoms with Gasteiger partial charge in [-0.15, -0.1) is 11.3 Å². The lowest BCUT2D eigenvalue weighted by molar-refractivity contribution is -0.137. The van der Waals surface area contributed by atoms with Crippen molar-refractivity contribution >= 4 is 29.1 Å². The molecular weight excluding hydrogens is 426 g/mol. The molecular formula is C24H39N3O4S. The predicted molar refractivity (Wildman–Crippen MR) is 130 cm³/mol. The molecule has 0 radical (unpaired) electrons. The first-order valence-electron chi connectivity index (χ1n) is 11.3. The fourth-order valence-electron chi connectivity index (χ4n) is 3.05. The van der Waals surface area contributed by atoms with E-state index in [9.17, 15) is 14.4 Å². The summed E-state index contributed by atoms with van der Waals surface area (Å²) in [5, 5.41) is 6.95. The van der Waals surface area contributed by atoms with Crippen LogP contribution in [-0.2, 0) is 20.7 Å². The zero-order chi connectivity index (χ0) is 24.5. The van der Waals surface area contributed by atoms with E-state index in [1.54, 1.807) is 5.38 Å². The zero-order valence-corrected chi connectivity index (χ0v) is 21.0. The van der Waals surface area contributed by atoms with Crippen LogP contribution in [-0.4, -0.2) is 29.9 Å². The maximum Gasteiger partial charge on any atom is 0.353 e. The number of esters is 1. The van der Waals surface area contributed by atoms with Crippen molar-refractivity contribution in [3.63, 3.8) is 0 Å². The van der Waals surface area contributed by atoms with Crippen molar-refractivity contribution in [3.05, 3.63) is 40.6 Å². The van der Waals surface area contributed by atoms with Crippen LogP contribution in [0.25, 0.3) is 0 Å². The predicted octanol–water partition coefficient (Wildman–Crippen LogP) is 5.14. The van der Waals surface area contributed by atoms with Gasteiger partial charge in [-0.2, -0.15) is 0 Å². The number of aromatic nitrogens is 1. The highest BCUT2D eigenvalue weighted by Crippen LogP contribution is 2.18. The van der Waals surface area contributed by atoms with E-state index in [-0.39, 0.29) is 17.1 Å². The summed E-state index contributed by atoms with van der Waals surface area (Å²) in [6.45, 7) is 15.7. The third-order valence-corrected chi connectivity index (χ3v) is 5.48. The minimum atomic E-state index is -0.781. The molecule has 0 aromatic carbocycles. The second kappa shape index (κ2) is 17.1. The minimum Gasteiger partial charge on any atom is -0.464 e. The Morgan fingerprint density at radius 1 is 0.969 bits per heavy atom. The van der Waals surface area contributed by atoms with Crippen molar-refractivity contribution in [1.82, 2.24) is 15.6 Å². The number of carbonyl (C=O) groups is 3. The molecule has 0 unspecified atom stereocenters. The molecule has 0 aliphatic rings.